The van der Waals surface area contributed by atoms with E-state index in [1.165, 1.54) is 0 Å². The van der Waals surface area contributed by atoms with Gasteiger partial charge in [-0.3, -0.25) is 0 Å². The molecule has 4 heteroatoms. The van der Waals surface area contributed by atoms with E-state index in [1.54, 1.807) is 12.3 Å². The SMILES string of the molecule is Cn1c2nccc(C#N)c2c[n+]1C. The predicted octanol–water partition coefficient (Wildman–Crippen LogP) is 0.269. The van der Waals surface area contributed by atoms with E-state index < -0.39 is 0 Å². The number of nitrogens with zero attached hydrogens (tertiary/aromatic N) is 4. The number of hydrogen-bond donors (Lipinski definition) is 0. The smallest absolute Gasteiger partial charge is 0.206 e. The maximum atomic E-state index is 8.84. The Labute approximate surface area is 75.6 Å². The molecule has 0 bridgehead atoms. The van der Waals surface area contributed by atoms with Crippen molar-refractivity contribution in [3.63, 3.8) is 0 Å². The Balaban J connectivity index is 2.95. The second-order valence-corrected chi connectivity index (χ2v) is 2.93. The zero-order valence-corrected chi connectivity index (χ0v) is 7.52. The van der Waals surface area contributed by atoms with Crippen molar-refractivity contribution in [2.24, 2.45) is 14.1 Å². The lowest BCUT2D eigenvalue weighted by Crippen LogP contribution is -2.36. The fourth-order valence-electron chi connectivity index (χ4n) is 1.37. The van der Waals surface area contributed by atoms with Crippen molar-refractivity contribution in [1.29, 1.82) is 5.26 Å². The zero-order valence-electron chi connectivity index (χ0n) is 7.52. The van der Waals surface area contributed by atoms with E-state index in [0.717, 1.165) is 11.0 Å². The first-order valence-corrected chi connectivity index (χ1v) is 3.94. The van der Waals surface area contributed by atoms with Crippen LogP contribution in [0.2, 0.25) is 0 Å². The third-order valence-electron chi connectivity index (χ3n) is 2.19. The van der Waals surface area contributed by atoms with E-state index in [4.69, 9.17) is 5.26 Å². The van der Waals surface area contributed by atoms with Crippen molar-refractivity contribution >= 4 is 11.0 Å². The van der Waals surface area contributed by atoms with Crippen molar-refractivity contribution in [3.05, 3.63) is 24.0 Å². The fraction of sp³-hybridized carbons (Fsp3) is 0.222. The Morgan fingerprint density at radius 1 is 1.62 bits per heavy atom. The van der Waals surface area contributed by atoms with Gasteiger partial charge in [0.05, 0.1) is 12.6 Å². The largest absolute Gasteiger partial charge is 0.233 e. The maximum Gasteiger partial charge on any atom is 0.206 e. The van der Waals surface area contributed by atoms with Crippen molar-refractivity contribution in [1.82, 2.24) is 9.67 Å². The summed E-state index contributed by atoms with van der Waals surface area (Å²) in [4.78, 5) is 4.20. The molecule has 0 unspecified atom stereocenters. The van der Waals surface area contributed by atoms with Crippen LogP contribution >= 0.6 is 0 Å². The molecule has 2 rings (SSSR count). The zero-order chi connectivity index (χ0) is 9.42. The summed E-state index contributed by atoms with van der Waals surface area (Å²) in [5.74, 6) is 0. The van der Waals surface area contributed by atoms with E-state index in [-0.39, 0.29) is 0 Å². The molecule has 0 aliphatic carbocycles. The van der Waals surface area contributed by atoms with Crippen LogP contribution in [-0.2, 0) is 14.1 Å². The molecule has 2 aromatic rings. The van der Waals surface area contributed by atoms with Gasteiger partial charge in [0, 0.05) is 6.20 Å². The lowest BCUT2D eigenvalue weighted by Gasteiger charge is -1.90. The van der Waals surface area contributed by atoms with Crippen LogP contribution in [0, 0.1) is 11.3 Å². The standard InChI is InChI=1S/C9H9N4/c1-12-6-8-7(5-10)3-4-11-9(8)13(12)2/h3-4,6H,1-2H3/q+1. The van der Waals surface area contributed by atoms with Crippen molar-refractivity contribution in [3.8, 4) is 6.07 Å². The lowest BCUT2D eigenvalue weighted by atomic mass is 10.2. The molecule has 0 spiro atoms. The number of hydrogen-bond acceptors (Lipinski definition) is 2. The normalized spacial score (nSPS) is 10.2. The number of rotatable bonds is 0. The summed E-state index contributed by atoms with van der Waals surface area (Å²) < 4.78 is 3.80. The van der Waals surface area contributed by atoms with Gasteiger partial charge in [0.2, 0.25) is 11.8 Å². The van der Waals surface area contributed by atoms with Gasteiger partial charge >= 0.3 is 0 Å². The predicted molar refractivity (Wildman–Crippen MR) is 46.6 cm³/mol. The summed E-state index contributed by atoms with van der Waals surface area (Å²) in [5.41, 5.74) is 1.50. The summed E-state index contributed by atoms with van der Waals surface area (Å²) in [7, 11) is 3.83. The lowest BCUT2D eigenvalue weighted by molar-refractivity contribution is -0.748. The molecule has 0 fully saturated rings. The fourth-order valence-corrected chi connectivity index (χ4v) is 1.37. The minimum atomic E-state index is 0.668. The van der Waals surface area contributed by atoms with Gasteiger partial charge in [0.1, 0.15) is 11.5 Å². The molecular formula is C9H9N4+. The number of aromatic nitrogens is 3. The molecule has 0 aliphatic heterocycles. The Morgan fingerprint density at radius 2 is 2.38 bits per heavy atom. The molecule has 13 heavy (non-hydrogen) atoms. The second-order valence-electron chi connectivity index (χ2n) is 2.93. The van der Waals surface area contributed by atoms with Gasteiger partial charge in [-0.15, -0.1) is 9.36 Å². The monoisotopic (exact) mass is 173 g/mol. The summed E-state index contributed by atoms with van der Waals surface area (Å²) in [6, 6.07) is 3.87. The van der Waals surface area contributed by atoms with Gasteiger partial charge in [0.25, 0.3) is 0 Å². The number of pyridine rings is 1. The summed E-state index contributed by atoms with van der Waals surface area (Å²) in [6.45, 7) is 0. The highest BCUT2D eigenvalue weighted by Gasteiger charge is 2.12. The summed E-state index contributed by atoms with van der Waals surface area (Å²) >= 11 is 0. The second kappa shape index (κ2) is 2.56. The van der Waals surface area contributed by atoms with Crippen LogP contribution in [0.3, 0.4) is 0 Å². The van der Waals surface area contributed by atoms with Gasteiger partial charge in [-0.2, -0.15) is 5.26 Å². The molecule has 0 aromatic carbocycles. The minimum Gasteiger partial charge on any atom is -0.233 e. The van der Waals surface area contributed by atoms with Gasteiger partial charge < -0.3 is 0 Å². The van der Waals surface area contributed by atoms with Crippen LogP contribution < -0.4 is 4.68 Å². The Morgan fingerprint density at radius 3 is 3.08 bits per heavy atom. The molecule has 64 valence electrons. The molecule has 0 saturated carbocycles. The average Bonchev–Trinajstić information content (AvgIpc) is 2.43. The van der Waals surface area contributed by atoms with E-state index in [9.17, 15) is 0 Å². The topological polar surface area (TPSA) is 45.5 Å². The van der Waals surface area contributed by atoms with E-state index in [2.05, 4.69) is 11.1 Å². The van der Waals surface area contributed by atoms with Crippen LogP contribution in [0.1, 0.15) is 5.56 Å². The average molecular weight is 173 g/mol. The molecule has 0 radical (unpaired) electrons. The molecule has 2 aromatic heterocycles. The van der Waals surface area contributed by atoms with Gasteiger partial charge in [-0.25, -0.2) is 4.98 Å². The van der Waals surface area contributed by atoms with Crippen molar-refractivity contribution in [2.45, 2.75) is 0 Å². The van der Waals surface area contributed by atoms with E-state index in [0.29, 0.717) is 5.56 Å². The van der Waals surface area contributed by atoms with Gasteiger partial charge in [-0.05, 0) is 6.07 Å². The number of nitriles is 1. The van der Waals surface area contributed by atoms with Gasteiger partial charge in [-0.1, -0.05) is 0 Å². The highest BCUT2D eigenvalue weighted by Crippen LogP contribution is 2.12. The number of fused-ring (bicyclic) bond motifs is 1. The molecule has 0 N–H and O–H groups in total. The Kier molecular flexibility index (Phi) is 1.52. The Hall–Kier alpha value is -1.89. The Bertz CT molecular complexity index is 504. The van der Waals surface area contributed by atoms with E-state index >= 15 is 0 Å². The third kappa shape index (κ3) is 0.975. The first-order valence-electron chi connectivity index (χ1n) is 3.94. The number of aryl methyl sites for hydroxylation is 2. The highest BCUT2D eigenvalue weighted by atomic mass is 15.4. The van der Waals surface area contributed by atoms with Crippen LogP contribution in [0.5, 0.6) is 0 Å². The van der Waals surface area contributed by atoms with Crippen molar-refractivity contribution in [2.75, 3.05) is 0 Å². The third-order valence-corrected chi connectivity index (χ3v) is 2.19. The van der Waals surface area contributed by atoms with Crippen LogP contribution in [0.4, 0.5) is 0 Å². The molecule has 0 amide bonds. The van der Waals surface area contributed by atoms with E-state index in [1.807, 2.05) is 29.7 Å². The molecule has 0 aliphatic rings. The molecule has 0 saturated heterocycles. The van der Waals surface area contributed by atoms with Crippen LogP contribution in [0.15, 0.2) is 18.5 Å². The highest BCUT2D eigenvalue weighted by molar-refractivity contribution is 5.79. The van der Waals surface area contributed by atoms with Crippen LogP contribution in [-0.4, -0.2) is 9.67 Å². The molecule has 4 nitrogen and oxygen atoms in total. The van der Waals surface area contributed by atoms with Gasteiger partial charge in [0.15, 0.2) is 7.05 Å². The molecule has 0 atom stereocenters. The van der Waals surface area contributed by atoms with Crippen molar-refractivity contribution < 1.29 is 4.68 Å². The summed E-state index contributed by atoms with van der Waals surface area (Å²) in [5, 5.41) is 9.74. The minimum absolute atomic E-state index is 0.668. The molecular weight excluding hydrogens is 164 g/mol. The quantitative estimate of drug-likeness (QED) is 0.537. The first-order chi connectivity index (χ1) is 6.24. The summed E-state index contributed by atoms with van der Waals surface area (Å²) in [6.07, 6.45) is 3.56. The molecule has 2 heterocycles. The first kappa shape index (κ1) is 7.74. The van der Waals surface area contributed by atoms with Crippen LogP contribution in [0.25, 0.3) is 11.0 Å². The maximum absolute atomic E-state index is 8.84.